The Morgan fingerprint density at radius 3 is 2.59 bits per heavy atom. The number of pyridine rings is 1. The summed E-state index contributed by atoms with van der Waals surface area (Å²) < 4.78 is 12.4. The summed E-state index contributed by atoms with van der Waals surface area (Å²) in [7, 11) is 1.68. The minimum atomic E-state index is -0.847. The first-order chi connectivity index (χ1) is 17.9. The minimum Gasteiger partial charge on any atom is -0.497 e. The fraction of sp³-hybridized carbons (Fsp3) is 0.516. The average Bonchev–Trinajstić information content (AvgIpc) is 3.35. The summed E-state index contributed by atoms with van der Waals surface area (Å²) in [4.78, 5) is 26.4. The van der Waals surface area contributed by atoms with Crippen molar-refractivity contribution in [1.29, 1.82) is 0 Å². The highest BCUT2D eigenvalue weighted by Crippen LogP contribution is 2.60. The lowest BCUT2D eigenvalue weighted by Gasteiger charge is -2.39. The molecule has 2 fully saturated rings. The van der Waals surface area contributed by atoms with Gasteiger partial charge in [-0.25, -0.2) is 0 Å². The fourth-order valence-corrected chi connectivity index (χ4v) is 6.89. The fourth-order valence-electron chi connectivity index (χ4n) is 6.89. The molecular weight excluding hydrogens is 462 g/mol. The number of methoxy groups -OCH3 is 1. The molecule has 0 radical (unpaired) electrons. The van der Waals surface area contributed by atoms with Gasteiger partial charge in [-0.05, 0) is 67.3 Å². The van der Waals surface area contributed by atoms with Crippen LogP contribution in [-0.2, 0) is 16.1 Å². The SMILES string of the molecule is C=CC[C@]12C[C@@]3(O[C@H](C(CC)CC)N=C3C[C@H](c3ccc(OC)cc3)[C@H]1C)N(Cc1ccccn1)C2=O. The number of hydrogen-bond acceptors (Lipinski definition) is 5. The highest BCUT2D eigenvalue weighted by Gasteiger charge is 2.69. The van der Waals surface area contributed by atoms with E-state index < -0.39 is 11.1 Å². The number of ether oxygens (including phenoxy) is 2. The number of benzene rings is 1. The van der Waals surface area contributed by atoms with Crippen molar-refractivity contribution in [3.8, 4) is 5.75 Å². The molecule has 6 nitrogen and oxygen atoms in total. The van der Waals surface area contributed by atoms with Gasteiger partial charge in [0.25, 0.3) is 0 Å². The molecular formula is C31H39N3O3. The maximum atomic E-state index is 14.6. The number of rotatable bonds is 9. The van der Waals surface area contributed by atoms with Crippen LogP contribution in [0.4, 0.5) is 0 Å². The van der Waals surface area contributed by atoms with Gasteiger partial charge in [0.15, 0.2) is 12.0 Å². The Labute approximate surface area is 220 Å². The van der Waals surface area contributed by atoms with Crippen molar-refractivity contribution < 1.29 is 14.3 Å². The van der Waals surface area contributed by atoms with E-state index in [1.807, 2.05) is 41.3 Å². The molecule has 0 unspecified atom stereocenters. The maximum Gasteiger partial charge on any atom is 0.232 e. The second-order valence-corrected chi connectivity index (χ2v) is 10.9. The Morgan fingerprint density at radius 1 is 1.22 bits per heavy atom. The van der Waals surface area contributed by atoms with E-state index in [0.29, 0.717) is 25.3 Å². The molecule has 6 heteroatoms. The summed E-state index contributed by atoms with van der Waals surface area (Å²) in [6.07, 6.45) is 7.38. The molecule has 5 rings (SSSR count). The Hall–Kier alpha value is -2.99. The number of aliphatic imine (C=N–C) groups is 1. The molecule has 2 aliphatic heterocycles. The minimum absolute atomic E-state index is 0.0699. The van der Waals surface area contributed by atoms with Gasteiger partial charge < -0.3 is 14.4 Å². The molecule has 1 spiro atoms. The van der Waals surface area contributed by atoms with E-state index in [1.54, 1.807) is 13.3 Å². The number of aromatic nitrogens is 1. The van der Waals surface area contributed by atoms with Crippen molar-refractivity contribution >= 4 is 11.6 Å². The number of nitrogens with zero attached hydrogens (tertiary/aromatic N) is 3. The predicted molar refractivity (Wildman–Crippen MR) is 145 cm³/mol. The highest BCUT2D eigenvalue weighted by atomic mass is 16.6. The number of carbonyl (C=O) groups is 1. The molecule has 1 amide bonds. The molecule has 5 atom stereocenters. The van der Waals surface area contributed by atoms with Crippen LogP contribution >= 0.6 is 0 Å². The third kappa shape index (κ3) is 4.10. The van der Waals surface area contributed by atoms with E-state index in [0.717, 1.165) is 36.4 Å². The molecule has 1 saturated carbocycles. The number of amides is 1. The lowest BCUT2D eigenvalue weighted by Crippen LogP contribution is -2.53. The van der Waals surface area contributed by atoms with Crippen molar-refractivity contribution in [2.45, 2.75) is 77.3 Å². The summed E-state index contributed by atoms with van der Waals surface area (Å²) in [6.45, 7) is 11.1. The first-order valence-corrected chi connectivity index (χ1v) is 13.6. The molecule has 196 valence electrons. The molecule has 3 aliphatic rings. The molecule has 2 bridgehead atoms. The molecule has 3 heterocycles. The van der Waals surface area contributed by atoms with Crippen LogP contribution in [0, 0.1) is 17.3 Å². The Balaban J connectivity index is 1.64. The molecule has 1 aromatic carbocycles. The Kier molecular flexibility index (Phi) is 6.97. The van der Waals surface area contributed by atoms with Crippen LogP contribution in [0.25, 0.3) is 0 Å². The summed E-state index contributed by atoms with van der Waals surface area (Å²) in [5, 5.41) is 0. The summed E-state index contributed by atoms with van der Waals surface area (Å²) in [6, 6.07) is 14.1. The number of hydrogen-bond donors (Lipinski definition) is 0. The van der Waals surface area contributed by atoms with Crippen LogP contribution in [0.3, 0.4) is 0 Å². The first kappa shape index (κ1) is 25.7. The summed E-state index contributed by atoms with van der Waals surface area (Å²) >= 11 is 0. The maximum absolute atomic E-state index is 14.6. The number of carbonyl (C=O) groups excluding carboxylic acids is 1. The van der Waals surface area contributed by atoms with E-state index in [1.165, 1.54) is 5.56 Å². The zero-order valence-corrected chi connectivity index (χ0v) is 22.5. The third-order valence-electron chi connectivity index (χ3n) is 9.15. The lowest BCUT2D eigenvalue weighted by molar-refractivity contribution is -0.156. The largest absolute Gasteiger partial charge is 0.497 e. The predicted octanol–water partition coefficient (Wildman–Crippen LogP) is 6.14. The number of allylic oxidation sites excluding steroid dienone is 1. The lowest BCUT2D eigenvalue weighted by atomic mass is 9.66. The number of fused-ring (bicyclic) bond motifs is 1. The van der Waals surface area contributed by atoms with Crippen molar-refractivity contribution in [2.75, 3.05) is 7.11 Å². The topological polar surface area (TPSA) is 64.0 Å². The average molecular weight is 502 g/mol. The van der Waals surface area contributed by atoms with Gasteiger partial charge in [0, 0.05) is 18.5 Å². The van der Waals surface area contributed by atoms with Gasteiger partial charge in [-0.3, -0.25) is 14.8 Å². The molecule has 1 aliphatic carbocycles. The van der Waals surface area contributed by atoms with E-state index in [-0.39, 0.29) is 24.0 Å². The van der Waals surface area contributed by atoms with Crippen LogP contribution < -0.4 is 4.74 Å². The van der Waals surface area contributed by atoms with Gasteiger partial charge in [-0.15, -0.1) is 6.58 Å². The van der Waals surface area contributed by atoms with E-state index in [4.69, 9.17) is 14.5 Å². The van der Waals surface area contributed by atoms with Crippen LogP contribution in [-0.4, -0.2) is 40.6 Å². The second-order valence-electron chi connectivity index (χ2n) is 10.9. The van der Waals surface area contributed by atoms with E-state index in [2.05, 4.69) is 44.5 Å². The van der Waals surface area contributed by atoms with Crippen LogP contribution in [0.15, 0.2) is 66.3 Å². The molecule has 1 saturated heterocycles. The van der Waals surface area contributed by atoms with Crippen molar-refractivity contribution in [3.63, 3.8) is 0 Å². The summed E-state index contributed by atoms with van der Waals surface area (Å²) in [5.74, 6) is 1.47. The molecule has 1 aromatic heterocycles. The van der Waals surface area contributed by atoms with Crippen molar-refractivity contribution in [3.05, 3.63) is 72.6 Å². The Morgan fingerprint density at radius 2 is 1.97 bits per heavy atom. The van der Waals surface area contributed by atoms with E-state index in [9.17, 15) is 4.79 Å². The first-order valence-electron chi connectivity index (χ1n) is 13.6. The second kappa shape index (κ2) is 10.1. The Bertz CT molecular complexity index is 1160. The normalized spacial score (nSPS) is 30.7. The van der Waals surface area contributed by atoms with Crippen molar-refractivity contribution in [1.82, 2.24) is 9.88 Å². The quantitative estimate of drug-likeness (QED) is 0.387. The van der Waals surface area contributed by atoms with Gasteiger partial charge in [-0.2, -0.15) is 0 Å². The van der Waals surface area contributed by atoms with Crippen LogP contribution in [0.2, 0.25) is 0 Å². The van der Waals surface area contributed by atoms with Gasteiger partial charge in [0.1, 0.15) is 5.75 Å². The monoisotopic (exact) mass is 501 g/mol. The van der Waals surface area contributed by atoms with Crippen LogP contribution in [0.5, 0.6) is 5.75 Å². The number of likely N-dealkylation sites (tertiary alicyclic amines) is 1. The molecule has 37 heavy (non-hydrogen) atoms. The highest BCUT2D eigenvalue weighted by molar-refractivity contribution is 6.02. The molecule has 2 aromatic rings. The van der Waals surface area contributed by atoms with Crippen LogP contribution in [0.1, 0.15) is 70.1 Å². The molecule has 0 N–H and O–H groups in total. The standard InChI is InChI=1S/C31H39N3O3/c1-6-16-30-20-31(34(29(30)35)19-24-11-9-10-17-32-24)27(33-28(37-31)22(7-2)8-3)18-26(21(30)4)23-12-14-25(36-5)15-13-23/h6,9-15,17,21-22,26,28H,1,7-8,16,18-20H2,2-5H3/t21-,26+,28-,30+,31+/m1/s1. The smallest absolute Gasteiger partial charge is 0.232 e. The third-order valence-corrected chi connectivity index (χ3v) is 9.15. The van der Waals surface area contributed by atoms with Gasteiger partial charge in [0.05, 0.1) is 30.5 Å². The van der Waals surface area contributed by atoms with Gasteiger partial charge in [-0.1, -0.05) is 45.0 Å². The van der Waals surface area contributed by atoms with Crippen molar-refractivity contribution in [2.24, 2.45) is 22.2 Å². The zero-order chi connectivity index (χ0) is 26.2. The van der Waals surface area contributed by atoms with E-state index >= 15 is 0 Å². The van der Waals surface area contributed by atoms with Gasteiger partial charge >= 0.3 is 0 Å². The summed E-state index contributed by atoms with van der Waals surface area (Å²) in [5.41, 5.74) is 1.60. The van der Waals surface area contributed by atoms with Gasteiger partial charge in [0.2, 0.25) is 5.91 Å². The zero-order valence-electron chi connectivity index (χ0n) is 22.5.